The molecule has 0 aliphatic carbocycles. The van der Waals surface area contributed by atoms with Crippen molar-refractivity contribution in [1.29, 1.82) is 0 Å². The monoisotopic (exact) mass is 673 g/mol. The number of fused-ring (bicyclic) bond motifs is 14. The van der Waals surface area contributed by atoms with Gasteiger partial charge >= 0.3 is 0 Å². The van der Waals surface area contributed by atoms with E-state index in [2.05, 4.69) is 45.2 Å². The van der Waals surface area contributed by atoms with Crippen molar-refractivity contribution in [1.82, 2.24) is 36.0 Å². The smallest absolute Gasteiger partial charge is 0.243 e. The van der Waals surface area contributed by atoms with Gasteiger partial charge in [0.15, 0.2) is 5.82 Å². The fourth-order valence-corrected chi connectivity index (χ4v) is 5.78. The van der Waals surface area contributed by atoms with Gasteiger partial charge in [0.2, 0.25) is 23.6 Å². The molecule has 5 rings (SSSR count). The first-order chi connectivity index (χ1) is 23.3. The van der Waals surface area contributed by atoms with Crippen molar-refractivity contribution in [2.75, 3.05) is 6.61 Å². The number of carbonyl (C=O) groups excluding carboxylic acids is 4. The lowest BCUT2D eigenvalue weighted by molar-refractivity contribution is -0.133. The van der Waals surface area contributed by atoms with Gasteiger partial charge in [0.05, 0.1) is 12.1 Å². The van der Waals surface area contributed by atoms with Gasteiger partial charge in [0, 0.05) is 18.8 Å². The number of ether oxygens (including phenoxy) is 1. The Hall–Kier alpha value is -4.74. The van der Waals surface area contributed by atoms with E-state index in [9.17, 15) is 19.2 Å². The second-order valence-electron chi connectivity index (χ2n) is 13.9. The minimum Gasteiger partial charge on any atom is -0.491 e. The van der Waals surface area contributed by atoms with Gasteiger partial charge in [0.1, 0.15) is 36.8 Å². The molecule has 12 heteroatoms. The summed E-state index contributed by atoms with van der Waals surface area (Å²) in [5, 5.41) is 16.5. The summed E-state index contributed by atoms with van der Waals surface area (Å²) in [7, 11) is 0. The molecule has 4 N–H and O–H groups in total. The highest BCUT2D eigenvalue weighted by Gasteiger charge is 2.32. The van der Waals surface area contributed by atoms with Crippen LogP contribution in [0.1, 0.15) is 76.8 Å². The van der Waals surface area contributed by atoms with Crippen LogP contribution in [0.25, 0.3) is 0 Å². The third kappa shape index (κ3) is 10.9. The number of benzene rings is 2. The SMILES string of the molecule is Cc1nc2n(n1)CC(=O)N[C@@H](CC(C)C)COc1ccc(cc1)C[C@H](NC(=O)C(C)C)C(=O)N[C@@H](Cc1ccccc1)C(=O)N[C@H]2C(C)C. The molecular formula is C37H51N7O5. The summed E-state index contributed by atoms with van der Waals surface area (Å²) in [6.07, 6.45) is 1.12. The molecule has 3 aromatic rings. The van der Waals surface area contributed by atoms with E-state index in [1.54, 1.807) is 20.8 Å². The number of nitrogens with zero attached hydrogens (tertiary/aromatic N) is 3. The van der Waals surface area contributed by atoms with Crippen LogP contribution in [-0.2, 0) is 38.6 Å². The number of aromatic nitrogens is 3. The Bertz CT molecular complexity index is 1570. The van der Waals surface area contributed by atoms with Gasteiger partial charge in [0.25, 0.3) is 0 Å². The molecular weight excluding hydrogens is 622 g/mol. The molecule has 0 spiro atoms. The Morgan fingerprint density at radius 1 is 0.939 bits per heavy atom. The highest BCUT2D eigenvalue weighted by atomic mass is 16.5. The highest BCUT2D eigenvalue weighted by Crippen LogP contribution is 2.22. The van der Waals surface area contributed by atoms with Gasteiger partial charge in [-0.05, 0) is 48.4 Å². The Labute approximate surface area is 289 Å². The summed E-state index contributed by atoms with van der Waals surface area (Å²) in [5.74, 6) is -0.0845. The van der Waals surface area contributed by atoms with E-state index in [4.69, 9.17) is 4.74 Å². The van der Waals surface area contributed by atoms with Crippen molar-refractivity contribution in [2.24, 2.45) is 17.8 Å². The first-order valence-electron chi connectivity index (χ1n) is 17.2. The van der Waals surface area contributed by atoms with Gasteiger partial charge in [-0.25, -0.2) is 9.67 Å². The Kier molecular flexibility index (Phi) is 12.9. The lowest BCUT2D eigenvalue weighted by Crippen LogP contribution is -2.56. The molecule has 0 saturated heterocycles. The number of rotatable bonds is 7. The molecule has 0 fully saturated rings. The van der Waals surface area contributed by atoms with Crippen LogP contribution >= 0.6 is 0 Å². The average molecular weight is 674 g/mol. The van der Waals surface area contributed by atoms with Crippen LogP contribution in [0.5, 0.6) is 5.75 Å². The van der Waals surface area contributed by atoms with Crippen molar-refractivity contribution in [2.45, 2.75) is 98.4 Å². The van der Waals surface area contributed by atoms with E-state index < -0.39 is 29.9 Å². The van der Waals surface area contributed by atoms with Gasteiger partial charge < -0.3 is 26.0 Å². The van der Waals surface area contributed by atoms with E-state index >= 15 is 0 Å². The maximum atomic E-state index is 14.2. The third-order valence-electron chi connectivity index (χ3n) is 8.35. The number of hydrogen-bond donors (Lipinski definition) is 4. The normalized spacial score (nSPS) is 21.1. The largest absolute Gasteiger partial charge is 0.491 e. The highest BCUT2D eigenvalue weighted by molar-refractivity contribution is 5.92. The Morgan fingerprint density at radius 2 is 1.63 bits per heavy atom. The molecule has 2 aliphatic rings. The van der Waals surface area contributed by atoms with Crippen molar-refractivity contribution >= 4 is 23.6 Å². The Morgan fingerprint density at radius 3 is 2.27 bits per heavy atom. The zero-order chi connectivity index (χ0) is 35.7. The zero-order valence-corrected chi connectivity index (χ0v) is 29.7. The maximum absolute atomic E-state index is 14.2. The van der Waals surface area contributed by atoms with Gasteiger partial charge in [-0.2, -0.15) is 5.10 Å². The molecule has 1 aromatic heterocycles. The van der Waals surface area contributed by atoms with Crippen LogP contribution in [-0.4, -0.2) is 63.1 Å². The predicted octanol–water partition coefficient (Wildman–Crippen LogP) is 3.43. The standard InChI is InChI=1S/C37H51N7O5/c1-22(2)17-28-21-49-29-15-13-27(14-16-29)19-30(40-35(46)24(5)6)36(47)41-31(18-26-11-9-8-10-12-26)37(48)42-33(23(3)4)34-38-25(7)43-44(34)20-32(45)39-28/h8-16,22-24,28,30-31,33H,17-21H2,1-7H3,(H,39,45)(H,40,46)(H,41,47)(H,42,48)/t28-,30-,31-,33-/m0/s1. The van der Waals surface area contributed by atoms with Crippen molar-refractivity contribution in [3.63, 3.8) is 0 Å². The van der Waals surface area contributed by atoms with Crippen molar-refractivity contribution < 1.29 is 23.9 Å². The van der Waals surface area contributed by atoms with E-state index in [1.165, 1.54) is 4.68 Å². The molecule has 4 atom stereocenters. The van der Waals surface area contributed by atoms with Crippen molar-refractivity contribution in [3.05, 3.63) is 77.4 Å². The molecule has 2 aromatic carbocycles. The van der Waals surface area contributed by atoms with Crippen LogP contribution in [0.2, 0.25) is 0 Å². The minimum atomic E-state index is -0.978. The minimum absolute atomic E-state index is 0.0973. The topological polar surface area (TPSA) is 156 Å². The fraction of sp³-hybridized carbons (Fsp3) is 0.514. The number of hydrogen-bond acceptors (Lipinski definition) is 7. The van der Waals surface area contributed by atoms with Crippen molar-refractivity contribution in [3.8, 4) is 5.75 Å². The van der Waals surface area contributed by atoms with E-state index in [1.807, 2.05) is 68.4 Å². The van der Waals surface area contributed by atoms with Crippen LogP contribution in [0.15, 0.2) is 54.6 Å². The summed E-state index contributed by atoms with van der Waals surface area (Å²) >= 11 is 0. The van der Waals surface area contributed by atoms with Gasteiger partial charge in [-0.1, -0.05) is 84.0 Å². The molecule has 12 nitrogen and oxygen atoms in total. The van der Waals surface area contributed by atoms with Crippen LogP contribution in [0.3, 0.4) is 0 Å². The average Bonchev–Trinajstić information content (AvgIpc) is 3.40. The molecule has 0 saturated carbocycles. The molecule has 0 unspecified atom stereocenters. The van der Waals surface area contributed by atoms with E-state index in [-0.39, 0.29) is 55.7 Å². The van der Waals surface area contributed by atoms with Gasteiger partial charge in [-0.15, -0.1) is 0 Å². The molecule has 0 radical (unpaired) electrons. The summed E-state index contributed by atoms with van der Waals surface area (Å²) in [6, 6.07) is 13.9. The lowest BCUT2D eigenvalue weighted by atomic mass is 9.99. The maximum Gasteiger partial charge on any atom is 0.243 e. The number of amides is 4. The molecule has 49 heavy (non-hydrogen) atoms. The summed E-state index contributed by atoms with van der Waals surface area (Å²) in [5.41, 5.74) is 1.65. The number of carbonyl (C=O) groups is 4. The van der Waals surface area contributed by atoms with E-state index in [0.29, 0.717) is 29.7 Å². The molecule has 3 heterocycles. The summed E-state index contributed by atoms with van der Waals surface area (Å²) in [6.45, 7) is 13.5. The summed E-state index contributed by atoms with van der Waals surface area (Å²) < 4.78 is 7.64. The van der Waals surface area contributed by atoms with Crippen LogP contribution in [0.4, 0.5) is 0 Å². The quantitative estimate of drug-likeness (QED) is 0.300. The first kappa shape index (κ1) is 37.1. The molecule has 4 amide bonds. The van der Waals surface area contributed by atoms with Gasteiger partial charge in [-0.3, -0.25) is 19.2 Å². The lowest BCUT2D eigenvalue weighted by Gasteiger charge is -2.28. The number of nitrogens with one attached hydrogen (secondary N) is 4. The molecule has 264 valence electrons. The first-order valence-corrected chi connectivity index (χ1v) is 17.2. The zero-order valence-electron chi connectivity index (χ0n) is 29.7. The Balaban J connectivity index is 1.75. The molecule has 2 aliphatic heterocycles. The fourth-order valence-electron chi connectivity index (χ4n) is 5.78. The second-order valence-corrected chi connectivity index (χ2v) is 13.9. The van der Waals surface area contributed by atoms with Crippen LogP contribution < -0.4 is 26.0 Å². The van der Waals surface area contributed by atoms with E-state index in [0.717, 1.165) is 11.1 Å². The number of aryl methyl sites for hydroxylation is 1. The predicted molar refractivity (Wildman–Crippen MR) is 186 cm³/mol. The van der Waals surface area contributed by atoms with Crippen LogP contribution in [0, 0.1) is 24.7 Å². The summed E-state index contributed by atoms with van der Waals surface area (Å²) in [4.78, 5) is 59.0. The third-order valence-corrected chi connectivity index (χ3v) is 8.35. The second kappa shape index (κ2) is 17.1. The molecule has 2 bridgehead atoms.